The molecule has 1 N–H and O–H groups in total. The minimum atomic E-state index is 0.168. The van der Waals surface area contributed by atoms with Crippen LogP contribution in [0.5, 0.6) is 0 Å². The topological polar surface area (TPSA) is 29.1 Å². The summed E-state index contributed by atoms with van der Waals surface area (Å²) in [6, 6.07) is 12.8. The first kappa shape index (κ1) is 11.8. The van der Waals surface area contributed by atoms with E-state index in [2.05, 4.69) is 48.6 Å². The molecule has 0 unspecified atom stereocenters. The number of carbonyl (C=O) groups is 1. The summed E-state index contributed by atoms with van der Waals surface area (Å²) in [6.45, 7) is 4.87. The highest BCUT2D eigenvalue weighted by atomic mass is 16.1. The molecule has 0 saturated heterocycles. The molecule has 0 spiro atoms. The Morgan fingerprint density at radius 1 is 1.12 bits per heavy atom. The van der Waals surface area contributed by atoms with E-state index in [1.807, 2.05) is 0 Å². The molecular formula is C15H17NO. The van der Waals surface area contributed by atoms with Gasteiger partial charge in [-0.15, -0.1) is 0 Å². The number of rotatable bonds is 4. The molecule has 2 heteroatoms. The molecule has 0 radical (unpaired) electrons. The zero-order chi connectivity index (χ0) is 12.3. The number of ketones is 1. The van der Waals surface area contributed by atoms with E-state index in [4.69, 9.17) is 0 Å². The number of Topliss-reactive ketones (excluding diaryl/α,β-unsaturated/α-hetero) is 1. The highest BCUT2D eigenvalue weighted by molar-refractivity contribution is 5.83. The van der Waals surface area contributed by atoms with Crippen molar-refractivity contribution in [3.05, 3.63) is 47.5 Å². The van der Waals surface area contributed by atoms with Gasteiger partial charge in [0, 0.05) is 6.54 Å². The monoisotopic (exact) mass is 227 g/mol. The smallest absolute Gasteiger partial charge is 0.143 e. The molecule has 0 heterocycles. The normalized spacial score (nSPS) is 10.7. The first-order valence-corrected chi connectivity index (χ1v) is 5.84. The third-order valence-electron chi connectivity index (χ3n) is 2.76. The summed E-state index contributed by atoms with van der Waals surface area (Å²) < 4.78 is 0. The summed E-state index contributed by atoms with van der Waals surface area (Å²) in [5.41, 5.74) is 2.49. The Morgan fingerprint density at radius 3 is 2.59 bits per heavy atom. The molecular weight excluding hydrogens is 210 g/mol. The van der Waals surface area contributed by atoms with Gasteiger partial charge in [-0.05, 0) is 36.2 Å². The van der Waals surface area contributed by atoms with Gasteiger partial charge in [-0.25, -0.2) is 0 Å². The van der Waals surface area contributed by atoms with Crippen molar-refractivity contribution in [2.75, 3.05) is 6.54 Å². The van der Waals surface area contributed by atoms with Crippen LogP contribution in [0.2, 0.25) is 0 Å². The van der Waals surface area contributed by atoms with Crippen LogP contribution in [0.1, 0.15) is 18.1 Å². The largest absolute Gasteiger partial charge is 0.306 e. The van der Waals surface area contributed by atoms with Crippen LogP contribution in [0, 0.1) is 6.92 Å². The maximum Gasteiger partial charge on any atom is 0.143 e. The lowest BCUT2D eigenvalue weighted by Gasteiger charge is -2.05. The number of hydrogen-bond donors (Lipinski definition) is 1. The molecule has 0 amide bonds. The standard InChI is InChI=1S/C15H17NO/c1-11-3-5-15-8-13(4-6-14(15)7-11)10-16-9-12(2)17/h3-8,16H,9-10H2,1-2H3. The van der Waals surface area contributed by atoms with E-state index in [1.165, 1.54) is 21.9 Å². The van der Waals surface area contributed by atoms with Gasteiger partial charge in [0.15, 0.2) is 0 Å². The van der Waals surface area contributed by atoms with Gasteiger partial charge in [0.05, 0.1) is 6.54 Å². The predicted octanol–water partition coefficient (Wildman–Crippen LogP) is 2.83. The van der Waals surface area contributed by atoms with Crippen molar-refractivity contribution in [2.24, 2.45) is 0 Å². The molecule has 0 fully saturated rings. The molecule has 2 aromatic carbocycles. The van der Waals surface area contributed by atoms with Crippen LogP contribution < -0.4 is 5.32 Å². The first-order chi connectivity index (χ1) is 8.15. The number of aryl methyl sites for hydroxylation is 1. The third-order valence-corrected chi connectivity index (χ3v) is 2.76. The van der Waals surface area contributed by atoms with Crippen molar-refractivity contribution in [1.29, 1.82) is 0 Å². The van der Waals surface area contributed by atoms with Crippen molar-refractivity contribution < 1.29 is 4.79 Å². The zero-order valence-electron chi connectivity index (χ0n) is 10.3. The predicted molar refractivity (Wildman–Crippen MR) is 71.1 cm³/mol. The second-order valence-corrected chi connectivity index (χ2v) is 4.49. The zero-order valence-corrected chi connectivity index (χ0v) is 10.3. The molecule has 0 atom stereocenters. The summed E-state index contributed by atoms with van der Waals surface area (Å²) in [4.78, 5) is 10.8. The van der Waals surface area contributed by atoms with Gasteiger partial charge in [0.1, 0.15) is 5.78 Å². The summed E-state index contributed by atoms with van der Waals surface area (Å²) >= 11 is 0. The lowest BCUT2D eigenvalue weighted by Crippen LogP contribution is -2.20. The van der Waals surface area contributed by atoms with Gasteiger partial charge in [-0.3, -0.25) is 4.79 Å². The van der Waals surface area contributed by atoms with Gasteiger partial charge in [-0.2, -0.15) is 0 Å². The van der Waals surface area contributed by atoms with Gasteiger partial charge >= 0.3 is 0 Å². The van der Waals surface area contributed by atoms with Crippen molar-refractivity contribution in [3.8, 4) is 0 Å². The lowest BCUT2D eigenvalue weighted by molar-refractivity contribution is -0.116. The Labute approximate surface area is 102 Å². The quantitative estimate of drug-likeness (QED) is 0.870. The van der Waals surface area contributed by atoms with Gasteiger partial charge in [-0.1, -0.05) is 35.9 Å². The molecule has 2 aromatic rings. The molecule has 0 aliphatic carbocycles. The van der Waals surface area contributed by atoms with E-state index in [0.29, 0.717) is 6.54 Å². The maximum absolute atomic E-state index is 10.8. The molecule has 0 aromatic heterocycles. The summed E-state index contributed by atoms with van der Waals surface area (Å²) in [6.07, 6.45) is 0. The number of carbonyl (C=O) groups excluding carboxylic acids is 1. The minimum absolute atomic E-state index is 0.168. The lowest BCUT2D eigenvalue weighted by atomic mass is 10.0. The van der Waals surface area contributed by atoms with E-state index in [9.17, 15) is 4.79 Å². The Balaban J connectivity index is 2.14. The Morgan fingerprint density at radius 2 is 1.82 bits per heavy atom. The second-order valence-electron chi connectivity index (χ2n) is 4.49. The van der Waals surface area contributed by atoms with Crippen LogP contribution in [0.3, 0.4) is 0 Å². The number of benzene rings is 2. The average Bonchev–Trinajstić information content (AvgIpc) is 2.29. The Kier molecular flexibility index (Phi) is 3.55. The van der Waals surface area contributed by atoms with Crippen molar-refractivity contribution in [1.82, 2.24) is 5.32 Å². The minimum Gasteiger partial charge on any atom is -0.306 e. The fraction of sp³-hybridized carbons (Fsp3) is 0.267. The molecule has 2 nitrogen and oxygen atoms in total. The Hall–Kier alpha value is -1.67. The summed E-state index contributed by atoms with van der Waals surface area (Å²) in [5, 5.41) is 5.64. The average molecular weight is 227 g/mol. The first-order valence-electron chi connectivity index (χ1n) is 5.84. The van der Waals surface area contributed by atoms with Crippen LogP contribution in [0.4, 0.5) is 0 Å². The van der Waals surface area contributed by atoms with E-state index >= 15 is 0 Å². The molecule has 17 heavy (non-hydrogen) atoms. The van der Waals surface area contributed by atoms with Gasteiger partial charge in [0.25, 0.3) is 0 Å². The van der Waals surface area contributed by atoms with Crippen molar-refractivity contribution in [2.45, 2.75) is 20.4 Å². The van der Waals surface area contributed by atoms with Crippen LogP contribution in [0.15, 0.2) is 36.4 Å². The molecule has 0 aliphatic rings. The van der Waals surface area contributed by atoms with Crippen molar-refractivity contribution >= 4 is 16.6 Å². The molecule has 0 saturated carbocycles. The fourth-order valence-electron chi connectivity index (χ4n) is 1.91. The second kappa shape index (κ2) is 5.11. The number of hydrogen-bond acceptors (Lipinski definition) is 2. The maximum atomic E-state index is 10.8. The number of fused-ring (bicyclic) bond motifs is 1. The van der Waals surface area contributed by atoms with E-state index in [1.54, 1.807) is 6.92 Å². The molecule has 88 valence electrons. The van der Waals surface area contributed by atoms with Crippen LogP contribution >= 0.6 is 0 Å². The highest BCUT2D eigenvalue weighted by Gasteiger charge is 1.98. The van der Waals surface area contributed by atoms with Crippen LogP contribution in [-0.2, 0) is 11.3 Å². The van der Waals surface area contributed by atoms with Gasteiger partial charge in [0.2, 0.25) is 0 Å². The SMILES string of the molecule is CC(=O)CNCc1ccc2cc(C)ccc2c1. The molecule has 2 rings (SSSR count). The van der Waals surface area contributed by atoms with Crippen LogP contribution in [0.25, 0.3) is 10.8 Å². The molecule has 0 bridgehead atoms. The number of nitrogens with one attached hydrogen (secondary N) is 1. The van der Waals surface area contributed by atoms with Gasteiger partial charge < -0.3 is 5.32 Å². The summed E-state index contributed by atoms with van der Waals surface area (Å²) in [5.74, 6) is 0.168. The Bertz CT molecular complexity index is 546. The highest BCUT2D eigenvalue weighted by Crippen LogP contribution is 2.17. The summed E-state index contributed by atoms with van der Waals surface area (Å²) in [7, 11) is 0. The fourth-order valence-corrected chi connectivity index (χ4v) is 1.91. The molecule has 0 aliphatic heterocycles. The van der Waals surface area contributed by atoms with E-state index in [0.717, 1.165) is 6.54 Å². The third kappa shape index (κ3) is 3.14. The van der Waals surface area contributed by atoms with Crippen molar-refractivity contribution in [3.63, 3.8) is 0 Å². The van der Waals surface area contributed by atoms with Crippen LogP contribution in [-0.4, -0.2) is 12.3 Å². The van der Waals surface area contributed by atoms with E-state index < -0.39 is 0 Å². The van der Waals surface area contributed by atoms with E-state index in [-0.39, 0.29) is 5.78 Å².